The van der Waals surface area contributed by atoms with Crippen molar-refractivity contribution < 1.29 is 18.0 Å². The van der Waals surface area contributed by atoms with Crippen LogP contribution < -0.4 is 10.1 Å². The van der Waals surface area contributed by atoms with Crippen LogP contribution in [0, 0.1) is 13.8 Å². The van der Waals surface area contributed by atoms with E-state index in [4.69, 9.17) is 4.52 Å². The highest BCUT2D eigenvalue weighted by atomic mass is 19.3. The number of hydrogen-bond acceptors (Lipinski definition) is 4. The van der Waals surface area contributed by atoms with E-state index in [2.05, 4.69) is 15.2 Å². The van der Waals surface area contributed by atoms with E-state index in [0.717, 1.165) is 11.3 Å². The van der Waals surface area contributed by atoms with E-state index in [9.17, 15) is 8.78 Å². The molecule has 0 spiro atoms. The maximum atomic E-state index is 12.3. The summed E-state index contributed by atoms with van der Waals surface area (Å²) in [4.78, 5) is 0. The van der Waals surface area contributed by atoms with Gasteiger partial charge in [0.05, 0.1) is 11.4 Å². The Balaban J connectivity index is 2.11. The van der Waals surface area contributed by atoms with Gasteiger partial charge in [-0.25, -0.2) is 0 Å². The molecule has 0 saturated heterocycles. The molecule has 0 aliphatic carbocycles. The van der Waals surface area contributed by atoms with Crippen LogP contribution in [-0.2, 0) is 6.54 Å². The van der Waals surface area contributed by atoms with Crippen LogP contribution in [0.15, 0.2) is 28.8 Å². The maximum Gasteiger partial charge on any atom is 0.387 e. The molecule has 1 aromatic heterocycles. The predicted molar refractivity (Wildman–Crippen MR) is 66.4 cm³/mol. The third-order valence-electron chi connectivity index (χ3n) is 2.74. The molecule has 1 aromatic carbocycles. The van der Waals surface area contributed by atoms with Crippen LogP contribution in [-0.4, -0.2) is 11.8 Å². The molecule has 0 aliphatic rings. The molecular weight excluding hydrogens is 254 g/mol. The molecule has 0 bridgehead atoms. The fourth-order valence-electron chi connectivity index (χ4n) is 1.75. The first kappa shape index (κ1) is 13.3. The van der Waals surface area contributed by atoms with Crippen molar-refractivity contribution in [2.24, 2.45) is 0 Å². The van der Waals surface area contributed by atoms with Gasteiger partial charge in [0.1, 0.15) is 11.5 Å². The second-order valence-electron chi connectivity index (χ2n) is 4.03. The quantitative estimate of drug-likeness (QED) is 0.901. The van der Waals surface area contributed by atoms with Crippen molar-refractivity contribution >= 4 is 5.69 Å². The largest absolute Gasteiger partial charge is 0.433 e. The number of nitrogens with zero attached hydrogens (tertiary/aromatic N) is 1. The molecule has 4 nitrogen and oxygen atoms in total. The Morgan fingerprint density at radius 2 is 2.05 bits per heavy atom. The topological polar surface area (TPSA) is 47.3 Å². The van der Waals surface area contributed by atoms with Gasteiger partial charge in [-0.3, -0.25) is 0 Å². The average molecular weight is 268 g/mol. The molecule has 0 atom stereocenters. The molecule has 0 radical (unpaired) electrons. The summed E-state index contributed by atoms with van der Waals surface area (Å²) in [5.41, 5.74) is 2.19. The maximum absolute atomic E-state index is 12.3. The normalized spacial score (nSPS) is 10.8. The van der Waals surface area contributed by atoms with Crippen molar-refractivity contribution in [1.29, 1.82) is 0 Å². The standard InChI is InChI=1S/C13H14F2N2O2/c1-8-10(9(2)19-17-8)7-16-11-5-3-4-6-12(11)18-13(14)15/h3-6,13,16H,7H2,1-2H3. The Hall–Kier alpha value is -2.11. The third kappa shape index (κ3) is 3.21. The number of ether oxygens (including phenoxy) is 1. The first-order valence-electron chi connectivity index (χ1n) is 5.77. The number of aromatic nitrogens is 1. The van der Waals surface area contributed by atoms with Gasteiger partial charge in [-0.2, -0.15) is 8.78 Å². The number of hydrogen-bond donors (Lipinski definition) is 1. The van der Waals surface area contributed by atoms with E-state index in [-0.39, 0.29) is 5.75 Å². The fourth-order valence-corrected chi connectivity index (χ4v) is 1.75. The summed E-state index contributed by atoms with van der Waals surface area (Å²) in [5, 5.41) is 6.88. The van der Waals surface area contributed by atoms with E-state index >= 15 is 0 Å². The zero-order valence-electron chi connectivity index (χ0n) is 10.6. The predicted octanol–water partition coefficient (Wildman–Crippen LogP) is 3.50. The van der Waals surface area contributed by atoms with Gasteiger partial charge < -0.3 is 14.6 Å². The van der Waals surface area contributed by atoms with Crippen LogP contribution >= 0.6 is 0 Å². The van der Waals surface area contributed by atoms with Gasteiger partial charge in [0.2, 0.25) is 0 Å². The lowest BCUT2D eigenvalue weighted by atomic mass is 10.2. The van der Waals surface area contributed by atoms with Crippen LogP contribution in [0.1, 0.15) is 17.0 Å². The van der Waals surface area contributed by atoms with Crippen LogP contribution in [0.2, 0.25) is 0 Å². The summed E-state index contributed by atoms with van der Waals surface area (Å²) < 4.78 is 34.0. The Labute approximate surface area is 109 Å². The van der Waals surface area contributed by atoms with Crippen molar-refractivity contribution in [3.05, 3.63) is 41.3 Å². The molecule has 0 saturated carbocycles. The van der Waals surface area contributed by atoms with Gasteiger partial charge in [-0.05, 0) is 26.0 Å². The van der Waals surface area contributed by atoms with Crippen molar-refractivity contribution in [3.63, 3.8) is 0 Å². The van der Waals surface area contributed by atoms with Crippen molar-refractivity contribution in [2.75, 3.05) is 5.32 Å². The van der Waals surface area contributed by atoms with Crippen molar-refractivity contribution in [2.45, 2.75) is 27.0 Å². The summed E-state index contributed by atoms with van der Waals surface area (Å²) in [7, 11) is 0. The molecule has 2 rings (SSSR count). The minimum atomic E-state index is -2.85. The molecule has 0 amide bonds. The van der Waals surface area contributed by atoms with Crippen molar-refractivity contribution in [1.82, 2.24) is 5.16 Å². The first-order chi connectivity index (χ1) is 9.08. The molecule has 0 unspecified atom stereocenters. The lowest BCUT2D eigenvalue weighted by Crippen LogP contribution is -2.07. The summed E-state index contributed by atoms with van der Waals surface area (Å²) in [5.74, 6) is 0.821. The second-order valence-corrected chi connectivity index (χ2v) is 4.03. The average Bonchev–Trinajstić information content (AvgIpc) is 2.68. The van der Waals surface area contributed by atoms with Gasteiger partial charge in [-0.1, -0.05) is 17.3 Å². The lowest BCUT2D eigenvalue weighted by molar-refractivity contribution is -0.0493. The Morgan fingerprint density at radius 3 is 2.68 bits per heavy atom. The molecule has 102 valence electrons. The zero-order valence-corrected chi connectivity index (χ0v) is 10.6. The number of rotatable bonds is 5. The number of alkyl halides is 2. The molecule has 1 N–H and O–H groups in total. The lowest BCUT2D eigenvalue weighted by Gasteiger charge is -2.12. The Bertz CT molecular complexity index is 536. The minimum absolute atomic E-state index is 0.115. The van der Waals surface area contributed by atoms with E-state index in [1.165, 1.54) is 6.07 Å². The molecule has 1 heterocycles. The third-order valence-corrected chi connectivity index (χ3v) is 2.74. The van der Waals surface area contributed by atoms with Crippen LogP contribution in [0.25, 0.3) is 0 Å². The smallest absolute Gasteiger partial charge is 0.387 e. The van der Waals surface area contributed by atoms with Crippen LogP contribution in [0.3, 0.4) is 0 Å². The summed E-state index contributed by atoms with van der Waals surface area (Å²) in [6, 6.07) is 6.55. The Morgan fingerprint density at radius 1 is 1.32 bits per heavy atom. The molecule has 6 heteroatoms. The second kappa shape index (κ2) is 5.69. The highest BCUT2D eigenvalue weighted by molar-refractivity contribution is 5.56. The number of aryl methyl sites for hydroxylation is 2. The number of halogens is 2. The van der Waals surface area contributed by atoms with E-state index in [1.807, 2.05) is 6.92 Å². The van der Waals surface area contributed by atoms with Gasteiger partial charge >= 0.3 is 6.61 Å². The SMILES string of the molecule is Cc1noc(C)c1CNc1ccccc1OC(F)F. The van der Waals surface area contributed by atoms with Crippen molar-refractivity contribution in [3.8, 4) is 5.75 Å². The van der Waals surface area contributed by atoms with Gasteiger partial charge in [0, 0.05) is 12.1 Å². The molecular formula is C13H14F2N2O2. The number of para-hydroxylation sites is 2. The minimum Gasteiger partial charge on any atom is -0.433 e. The fraction of sp³-hybridized carbons (Fsp3) is 0.308. The van der Waals surface area contributed by atoms with E-state index < -0.39 is 6.61 Å². The number of nitrogens with one attached hydrogen (secondary N) is 1. The summed E-state index contributed by atoms with van der Waals surface area (Å²) in [6.45, 7) is 1.22. The molecule has 19 heavy (non-hydrogen) atoms. The first-order valence-corrected chi connectivity index (χ1v) is 5.77. The zero-order chi connectivity index (χ0) is 13.8. The van der Waals surface area contributed by atoms with Crippen LogP contribution in [0.4, 0.5) is 14.5 Å². The van der Waals surface area contributed by atoms with E-state index in [0.29, 0.717) is 18.0 Å². The van der Waals surface area contributed by atoms with Gasteiger partial charge in [0.25, 0.3) is 0 Å². The monoisotopic (exact) mass is 268 g/mol. The number of benzene rings is 1. The molecule has 0 aliphatic heterocycles. The number of anilines is 1. The van der Waals surface area contributed by atoms with Gasteiger partial charge in [-0.15, -0.1) is 0 Å². The highest BCUT2D eigenvalue weighted by Gasteiger charge is 2.11. The summed E-state index contributed by atoms with van der Waals surface area (Å²) in [6.07, 6.45) is 0. The summed E-state index contributed by atoms with van der Waals surface area (Å²) >= 11 is 0. The highest BCUT2D eigenvalue weighted by Crippen LogP contribution is 2.26. The van der Waals surface area contributed by atoms with Gasteiger partial charge in [0.15, 0.2) is 0 Å². The van der Waals surface area contributed by atoms with Crippen LogP contribution in [0.5, 0.6) is 5.75 Å². The molecule has 2 aromatic rings. The van der Waals surface area contributed by atoms with E-state index in [1.54, 1.807) is 25.1 Å². The molecule has 0 fully saturated rings. The Kier molecular flexibility index (Phi) is 3.99.